The van der Waals surface area contributed by atoms with Gasteiger partial charge in [0.2, 0.25) is 0 Å². The molecule has 1 aromatic carbocycles. The summed E-state index contributed by atoms with van der Waals surface area (Å²) >= 11 is 0. The largest absolute Gasteiger partial charge is 0.387 e. The molecule has 3 heteroatoms. The molecule has 1 saturated heterocycles. The Morgan fingerprint density at radius 3 is 2.82 bits per heavy atom. The average Bonchev–Trinajstić information content (AvgIpc) is 2.78. The average molecular weight is 231 g/mol. The van der Waals surface area contributed by atoms with Gasteiger partial charge in [-0.2, -0.15) is 0 Å². The molecule has 0 radical (unpaired) electrons. The Hall–Kier alpha value is -1.35. The molecule has 2 atom stereocenters. The van der Waals surface area contributed by atoms with E-state index < -0.39 is 0 Å². The predicted octanol–water partition coefficient (Wildman–Crippen LogP) is 2.05. The first-order chi connectivity index (χ1) is 8.16. The molecule has 0 spiro atoms. The van der Waals surface area contributed by atoms with Crippen LogP contribution in [0.15, 0.2) is 30.3 Å². The van der Waals surface area contributed by atoms with Crippen molar-refractivity contribution in [3.05, 3.63) is 35.9 Å². The molecule has 1 aliphatic heterocycles. The molecule has 0 aliphatic carbocycles. The van der Waals surface area contributed by atoms with Gasteiger partial charge in [-0.05, 0) is 24.4 Å². The summed E-state index contributed by atoms with van der Waals surface area (Å²) in [5.74, 6) is 1.12. The van der Waals surface area contributed by atoms with Gasteiger partial charge in [-0.15, -0.1) is 0 Å². The highest BCUT2D eigenvalue weighted by Crippen LogP contribution is 2.27. The van der Waals surface area contributed by atoms with Crippen molar-refractivity contribution in [2.24, 2.45) is 11.7 Å². The van der Waals surface area contributed by atoms with Gasteiger partial charge in [0.1, 0.15) is 0 Å². The second kappa shape index (κ2) is 5.32. The van der Waals surface area contributed by atoms with Crippen molar-refractivity contribution in [3.63, 3.8) is 0 Å². The van der Waals surface area contributed by atoms with Gasteiger partial charge >= 0.3 is 0 Å². The molecule has 17 heavy (non-hydrogen) atoms. The highest BCUT2D eigenvalue weighted by atomic mass is 15.1. The summed E-state index contributed by atoms with van der Waals surface area (Å²) in [6.45, 7) is 5.16. The van der Waals surface area contributed by atoms with Gasteiger partial charge in [0, 0.05) is 19.0 Å². The van der Waals surface area contributed by atoms with E-state index in [0.29, 0.717) is 11.8 Å². The van der Waals surface area contributed by atoms with Crippen LogP contribution in [0.3, 0.4) is 0 Å². The zero-order valence-electron chi connectivity index (χ0n) is 10.4. The first-order valence-corrected chi connectivity index (χ1v) is 6.28. The monoisotopic (exact) mass is 231 g/mol. The molecule has 0 amide bonds. The summed E-state index contributed by atoms with van der Waals surface area (Å²) in [7, 11) is 0. The van der Waals surface area contributed by atoms with Crippen molar-refractivity contribution in [3.8, 4) is 0 Å². The van der Waals surface area contributed by atoms with E-state index in [9.17, 15) is 0 Å². The normalized spacial score (nSPS) is 22.5. The van der Waals surface area contributed by atoms with Gasteiger partial charge in [0.05, 0.1) is 5.84 Å². The van der Waals surface area contributed by atoms with Crippen LogP contribution in [0.25, 0.3) is 0 Å². The Morgan fingerprint density at radius 1 is 1.47 bits per heavy atom. The van der Waals surface area contributed by atoms with Crippen molar-refractivity contribution >= 4 is 5.84 Å². The number of likely N-dealkylation sites (tertiary alicyclic amines) is 1. The maximum absolute atomic E-state index is 7.43. The molecule has 3 N–H and O–H groups in total. The molecule has 0 bridgehead atoms. The van der Waals surface area contributed by atoms with Crippen LogP contribution in [0.4, 0.5) is 0 Å². The van der Waals surface area contributed by atoms with Crippen molar-refractivity contribution in [2.45, 2.75) is 19.3 Å². The summed E-state index contributed by atoms with van der Waals surface area (Å²) in [5, 5.41) is 7.43. The third-order valence-electron chi connectivity index (χ3n) is 3.61. The van der Waals surface area contributed by atoms with Crippen LogP contribution in [0.1, 0.15) is 24.8 Å². The minimum absolute atomic E-state index is 0.171. The van der Waals surface area contributed by atoms with E-state index in [1.807, 2.05) is 6.92 Å². The zero-order chi connectivity index (χ0) is 12.3. The van der Waals surface area contributed by atoms with Crippen LogP contribution in [0.5, 0.6) is 0 Å². The molecule has 1 heterocycles. The maximum atomic E-state index is 7.43. The van der Waals surface area contributed by atoms with Crippen LogP contribution >= 0.6 is 0 Å². The molecule has 92 valence electrons. The van der Waals surface area contributed by atoms with Gasteiger partial charge in [0.25, 0.3) is 0 Å². The Morgan fingerprint density at radius 2 is 2.18 bits per heavy atom. The maximum Gasteiger partial charge on any atom is 0.0947 e. The molecular weight excluding hydrogens is 210 g/mol. The second-order valence-corrected chi connectivity index (χ2v) is 5.01. The highest BCUT2D eigenvalue weighted by molar-refractivity contribution is 5.79. The van der Waals surface area contributed by atoms with Crippen LogP contribution < -0.4 is 5.73 Å². The summed E-state index contributed by atoms with van der Waals surface area (Å²) in [6, 6.07) is 10.7. The van der Waals surface area contributed by atoms with E-state index in [-0.39, 0.29) is 5.92 Å². The Labute approximate surface area is 103 Å². The summed E-state index contributed by atoms with van der Waals surface area (Å²) in [6.07, 6.45) is 1.22. The van der Waals surface area contributed by atoms with E-state index >= 15 is 0 Å². The lowest BCUT2D eigenvalue weighted by Gasteiger charge is -2.20. The summed E-state index contributed by atoms with van der Waals surface area (Å²) in [4.78, 5) is 2.42. The Kier molecular flexibility index (Phi) is 3.79. The molecule has 2 rings (SSSR count). The van der Waals surface area contributed by atoms with E-state index in [1.165, 1.54) is 12.0 Å². The molecule has 0 saturated carbocycles. The Balaban J connectivity index is 1.90. The Bertz CT molecular complexity index is 374. The summed E-state index contributed by atoms with van der Waals surface area (Å²) < 4.78 is 0. The van der Waals surface area contributed by atoms with Crippen LogP contribution in [0, 0.1) is 11.3 Å². The number of hydrogen-bond donors (Lipinski definition) is 2. The number of nitrogens with one attached hydrogen (secondary N) is 1. The number of amidine groups is 1. The first-order valence-electron chi connectivity index (χ1n) is 6.28. The van der Waals surface area contributed by atoms with Crippen molar-refractivity contribution in [1.29, 1.82) is 5.41 Å². The van der Waals surface area contributed by atoms with E-state index in [4.69, 9.17) is 11.1 Å². The lowest BCUT2D eigenvalue weighted by Crippen LogP contribution is -2.33. The van der Waals surface area contributed by atoms with Crippen molar-refractivity contribution in [1.82, 2.24) is 4.90 Å². The van der Waals surface area contributed by atoms with Crippen LogP contribution in [0.2, 0.25) is 0 Å². The minimum Gasteiger partial charge on any atom is -0.387 e. The SMILES string of the molecule is CC(CN1CCC(c2ccccc2)C1)C(=N)N. The number of rotatable bonds is 4. The van der Waals surface area contributed by atoms with Gasteiger partial charge < -0.3 is 10.6 Å². The fourth-order valence-electron chi connectivity index (χ4n) is 2.48. The second-order valence-electron chi connectivity index (χ2n) is 5.01. The number of nitrogens with two attached hydrogens (primary N) is 1. The number of hydrogen-bond acceptors (Lipinski definition) is 2. The molecular formula is C14H21N3. The predicted molar refractivity (Wildman–Crippen MR) is 71.3 cm³/mol. The van der Waals surface area contributed by atoms with Gasteiger partial charge in [-0.25, -0.2) is 0 Å². The van der Waals surface area contributed by atoms with E-state index in [2.05, 4.69) is 35.2 Å². The number of benzene rings is 1. The molecule has 0 aromatic heterocycles. The first kappa shape index (κ1) is 12.1. The zero-order valence-corrected chi connectivity index (χ0v) is 10.4. The van der Waals surface area contributed by atoms with E-state index in [0.717, 1.165) is 19.6 Å². The van der Waals surface area contributed by atoms with Crippen molar-refractivity contribution < 1.29 is 0 Å². The fraction of sp³-hybridized carbons (Fsp3) is 0.500. The summed E-state index contributed by atoms with van der Waals surface area (Å²) in [5.41, 5.74) is 6.95. The van der Waals surface area contributed by atoms with Gasteiger partial charge in [-0.1, -0.05) is 37.3 Å². The highest BCUT2D eigenvalue weighted by Gasteiger charge is 2.24. The third-order valence-corrected chi connectivity index (χ3v) is 3.61. The van der Waals surface area contributed by atoms with Crippen LogP contribution in [-0.2, 0) is 0 Å². The molecule has 2 unspecified atom stereocenters. The molecule has 1 aromatic rings. The molecule has 3 nitrogen and oxygen atoms in total. The lowest BCUT2D eigenvalue weighted by molar-refractivity contribution is 0.313. The standard InChI is InChI=1S/C14H21N3/c1-11(14(15)16)9-17-8-7-13(10-17)12-5-3-2-4-6-12/h2-6,11,13H,7-10H2,1H3,(H3,15,16). The smallest absolute Gasteiger partial charge is 0.0947 e. The quantitative estimate of drug-likeness (QED) is 0.615. The van der Waals surface area contributed by atoms with E-state index in [1.54, 1.807) is 0 Å². The molecule has 1 aliphatic rings. The van der Waals surface area contributed by atoms with Gasteiger partial charge in [0.15, 0.2) is 0 Å². The van der Waals surface area contributed by atoms with Crippen molar-refractivity contribution in [2.75, 3.05) is 19.6 Å². The van der Waals surface area contributed by atoms with Crippen LogP contribution in [-0.4, -0.2) is 30.4 Å². The fourth-order valence-corrected chi connectivity index (χ4v) is 2.48. The minimum atomic E-state index is 0.171. The third kappa shape index (κ3) is 3.07. The molecule has 1 fully saturated rings. The number of nitrogens with zero attached hydrogens (tertiary/aromatic N) is 1. The lowest BCUT2D eigenvalue weighted by atomic mass is 9.99. The van der Waals surface area contributed by atoms with Gasteiger partial charge in [-0.3, -0.25) is 5.41 Å². The topological polar surface area (TPSA) is 53.1 Å².